The molecule has 3 rings (SSSR count). The molecule has 3 aromatic rings. The van der Waals surface area contributed by atoms with Gasteiger partial charge in [-0.25, -0.2) is 0 Å². The summed E-state index contributed by atoms with van der Waals surface area (Å²) in [6.45, 7) is 8.27. The van der Waals surface area contributed by atoms with Crippen molar-refractivity contribution in [2.75, 3.05) is 12.3 Å². The molecule has 0 saturated heterocycles. The summed E-state index contributed by atoms with van der Waals surface area (Å²) in [4.78, 5) is 25.3. The molecule has 0 saturated carbocycles. The van der Waals surface area contributed by atoms with Gasteiger partial charge >= 0.3 is 0 Å². The number of amides is 1. The van der Waals surface area contributed by atoms with Gasteiger partial charge in [-0.15, -0.1) is 28.1 Å². The van der Waals surface area contributed by atoms with Gasteiger partial charge in [-0.3, -0.25) is 14.2 Å². The Hall–Kier alpha value is -2.65. The van der Waals surface area contributed by atoms with Gasteiger partial charge in [0.25, 0.3) is 0 Å². The standard InChI is InChI=1S/C20H22N4O3S2/c1-4-10-24-19(16-8-11-27-13(16)2)22-23-20(24)28-12-17(26)18-6-5-15(29-18)7-9-21-14(3)25/h4-6,8,11H,1,7,9-10,12H2,2-3H3,(H,21,25). The molecule has 0 aromatic carbocycles. The van der Waals surface area contributed by atoms with Gasteiger partial charge in [-0.2, -0.15) is 0 Å². The number of aryl methyl sites for hydroxylation is 1. The first-order chi connectivity index (χ1) is 14.0. The Kier molecular flexibility index (Phi) is 7.05. The van der Waals surface area contributed by atoms with Crippen LogP contribution in [0.25, 0.3) is 11.4 Å². The minimum Gasteiger partial charge on any atom is -0.469 e. The molecule has 0 aliphatic heterocycles. The first-order valence-electron chi connectivity index (χ1n) is 9.07. The van der Waals surface area contributed by atoms with Crippen LogP contribution in [0.4, 0.5) is 0 Å². The summed E-state index contributed by atoms with van der Waals surface area (Å²) in [5.74, 6) is 1.72. The average Bonchev–Trinajstić information content (AvgIpc) is 3.40. The Labute approximate surface area is 177 Å². The second-order valence-corrected chi connectivity index (χ2v) is 8.42. The third-order valence-corrected chi connectivity index (χ3v) is 6.30. The monoisotopic (exact) mass is 430 g/mol. The number of furan rings is 1. The number of hydrogen-bond acceptors (Lipinski definition) is 7. The lowest BCUT2D eigenvalue weighted by Crippen LogP contribution is -2.22. The van der Waals surface area contributed by atoms with Gasteiger partial charge in [0.05, 0.1) is 22.5 Å². The van der Waals surface area contributed by atoms with E-state index in [0.717, 1.165) is 16.2 Å². The summed E-state index contributed by atoms with van der Waals surface area (Å²) in [5.41, 5.74) is 0.875. The third kappa shape index (κ3) is 5.24. The summed E-state index contributed by atoms with van der Waals surface area (Å²) in [7, 11) is 0. The number of ketones is 1. The number of nitrogens with one attached hydrogen (secondary N) is 1. The maximum absolute atomic E-state index is 12.6. The quantitative estimate of drug-likeness (QED) is 0.299. The molecule has 152 valence electrons. The van der Waals surface area contributed by atoms with Crippen molar-refractivity contribution in [3.8, 4) is 11.4 Å². The van der Waals surface area contributed by atoms with E-state index in [2.05, 4.69) is 22.1 Å². The van der Waals surface area contributed by atoms with Gasteiger partial charge in [-0.05, 0) is 31.5 Å². The smallest absolute Gasteiger partial charge is 0.216 e. The number of nitrogens with zero attached hydrogens (tertiary/aromatic N) is 3. The van der Waals surface area contributed by atoms with Gasteiger partial charge < -0.3 is 9.73 Å². The lowest BCUT2D eigenvalue weighted by atomic mass is 10.2. The number of thioether (sulfide) groups is 1. The summed E-state index contributed by atoms with van der Waals surface area (Å²) in [5, 5.41) is 12.0. The van der Waals surface area contributed by atoms with Crippen LogP contribution in [0.5, 0.6) is 0 Å². The van der Waals surface area contributed by atoms with Gasteiger partial charge in [0.1, 0.15) is 5.76 Å². The normalized spacial score (nSPS) is 10.8. The predicted molar refractivity (Wildman–Crippen MR) is 114 cm³/mol. The molecule has 29 heavy (non-hydrogen) atoms. The number of carbonyl (C=O) groups is 2. The molecule has 0 atom stereocenters. The first kappa shape index (κ1) is 21.1. The van der Waals surface area contributed by atoms with Crippen LogP contribution in [0.3, 0.4) is 0 Å². The molecule has 0 spiro atoms. The lowest BCUT2D eigenvalue weighted by Gasteiger charge is -2.06. The van der Waals surface area contributed by atoms with Crippen molar-refractivity contribution in [1.82, 2.24) is 20.1 Å². The van der Waals surface area contributed by atoms with Crippen LogP contribution in [0.1, 0.15) is 27.2 Å². The van der Waals surface area contributed by atoms with E-state index in [0.29, 0.717) is 35.4 Å². The van der Waals surface area contributed by atoms with E-state index >= 15 is 0 Å². The van der Waals surface area contributed by atoms with E-state index in [-0.39, 0.29) is 17.4 Å². The third-order valence-electron chi connectivity index (χ3n) is 4.14. The molecule has 0 unspecified atom stereocenters. The molecule has 0 aliphatic rings. The van der Waals surface area contributed by atoms with Crippen molar-refractivity contribution >= 4 is 34.8 Å². The van der Waals surface area contributed by atoms with Crippen molar-refractivity contribution < 1.29 is 14.0 Å². The zero-order chi connectivity index (χ0) is 20.8. The van der Waals surface area contributed by atoms with Crippen LogP contribution in [-0.2, 0) is 17.8 Å². The van der Waals surface area contributed by atoms with Gasteiger partial charge in [0.2, 0.25) is 5.91 Å². The van der Waals surface area contributed by atoms with Gasteiger partial charge in [-0.1, -0.05) is 17.8 Å². The second kappa shape index (κ2) is 9.71. The highest BCUT2D eigenvalue weighted by molar-refractivity contribution is 7.99. The van der Waals surface area contributed by atoms with Gasteiger partial charge in [0, 0.05) is 24.9 Å². The minimum absolute atomic E-state index is 0.0416. The van der Waals surface area contributed by atoms with Crippen LogP contribution in [0.15, 0.2) is 46.7 Å². The molecule has 1 N–H and O–H groups in total. The first-order valence-corrected chi connectivity index (χ1v) is 10.9. The average molecular weight is 431 g/mol. The fourth-order valence-electron chi connectivity index (χ4n) is 2.73. The molecule has 0 aliphatic carbocycles. The summed E-state index contributed by atoms with van der Waals surface area (Å²) in [6, 6.07) is 5.63. The fraction of sp³-hybridized carbons (Fsp3) is 0.300. The molecule has 0 fully saturated rings. The molecule has 3 aromatic heterocycles. The molecule has 1 amide bonds. The van der Waals surface area contributed by atoms with Crippen LogP contribution in [0.2, 0.25) is 0 Å². The molecule has 9 heteroatoms. The van der Waals surface area contributed by atoms with Crippen molar-refractivity contribution in [3.63, 3.8) is 0 Å². The number of allylic oxidation sites excluding steroid dienone is 1. The van der Waals surface area contributed by atoms with Crippen molar-refractivity contribution in [2.24, 2.45) is 0 Å². The Morgan fingerprint density at radius 1 is 1.34 bits per heavy atom. The SMILES string of the molecule is C=CCn1c(SCC(=O)c2ccc(CCNC(C)=O)s2)nnc1-c1ccoc1C. The van der Waals surface area contributed by atoms with Crippen LogP contribution in [0, 0.1) is 6.92 Å². The number of aromatic nitrogens is 3. The molecule has 3 heterocycles. The zero-order valence-electron chi connectivity index (χ0n) is 16.3. The molecular weight excluding hydrogens is 408 g/mol. The highest BCUT2D eigenvalue weighted by atomic mass is 32.2. The Morgan fingerprint density at radius 2 is 2.17 bits per heavy atom. The number of thiophene rings is 1. The molecule has 0 radical (unpaired) electrons. The Morgan fingerprint density at radius 3 is 2.86 bits per heavy atom. The van der Waals surface area contributed by atoms with Crippen LogP contribution in [-0.4, -0.2) is 38.8 Å². The summed E-state index contributed by atoms with van der Waals surface area (Å²) < 4.78 is 7.30. The largest absolute Gasteiger partial charge is 0.469 e. The molecular formula is C20H22N4O3S2. The maximum Gasteiger partial charge on any atom is 0.216 e. The molecule has 7 nitrogen and oxygen atoms in total. The van der Waals surface area contributed by atoms with E-state index in [1.165, 1.54) is 30.0 Å². The zero-order valence-corrected chi connectivity index (χ0v) is 17.9. The van der Waals surface area contributed by atoms with Crippen LogP contribution < -0.4 is 5.32 Å². The summed E-state index contributed by atoms with van der Waals surface area (Å²) in [6.07, 6.45) is 4.11. The topological polar surface area (TPSA) is 90.0 Å². The second-order valence-electron chi connectivity index (χ2n) is 6.31. The van der Waals surface area contributed by atoms with E-state index in [4.69, 9.17) is 4.42 Å². The number of carbonyl (C=O) groups excluding carboxylic acids is 2. The maximum atomic E-state index is 12.6. The number of Topliss-reactive ketones (excluding diaryl/α,β-unsaturated/α-hetero) is 1. The Bertz CT molecular complexity index is 1020. The fourth-order valence-corrected chi connectivity index (χ4v) is 4.60. The highest BCUT2D eigenvalue weighted by Gasteiger charge is 2.18. The Balaban J connectivity index is 1.65. The van der Waals surface area contributed by atoms with E-state index in [1.807, 2.05) is 29.7 Å². The van der Waals surface area contributed by atoms with Crippen molar-refractivity contribution in [3.05, 3.63) is 52.6 Å². The summed E-state index contributed by atoms with van der Waals surface area (Å²) >= 11 is 2.82. The minimum atomic E-state index is -0.0529. The van der Waals surface area contributed by atoms with Crippen LogP contribution >= 0.6 is 23.1 Å². The van der Waals surface area contributed by atoms with E-state index in [1.54, 1.807) is 12.3 Å². The molecule has 0 bridgehead atoms. The van der Waals surface area contributed by atoms with E-state index < -0.39 is 0 Å². The van der Waals surface area contributed by atoms with E-state index in [9.17, 15) is 9.59 Å². The number of rotatable bonds is 10. The van der Waals surface area contributed by atoms with Crippen molar-refractivity contribution in [1.29, 1.82) is 0 Å². The predicted octanol–water partition coefficient (Wildman–Crippen LogP) is 3.75. The number of hydrogen-bond donors (Lipinski definition) is 1. The lowest BCUT2D eigenvalue weighted by molar-refractivity contribution is -0.118. The highest BCUT2D eigenvalue weighted by Crippen LogP contribution is 2.28. The van der Waals surface area contributed by atoms with Gasteiger partial charge in [0.15, 0.2) is 16.8 Å². The van der Waals surface area contributed by atoms with Crippen molar-refractivity contribution in [2.45, 2.75) is 32.0 Å².